The van der Waals surface area contributed by atoms with Crippen LogP contribution in [0.2, 0.25) is 5.02 Å². The fourth-order valence-electron chi connectivity index (χ4n) is 1.80. The summed E-state index contributed by atoms with van der Waals surface area (Å²) in [6.45, 7) is 1.60. The lowest BCUT2D eigenvalue weighted by molar-refractivity contribution is -0.123. The summed E-state index contributed by atoms with van der Waals surface area (Å²) in [7, 11) is 0. The quantitative estimate of drug-likeness (QED) is 0.543. The van der Waals surface area contributed by atoms with Gasteiger partial charge in [-0.05, 0) is 42.8 Å². The molecule has 0 saturated carbocycles. The van der Waals surface area contributed by atoms with Crippen LogP contribution in [0.4, 0.5) is 8.78 Å². The smallest absolute Gasteiger partial charge is 0.284 e. The second-order valence-corrected chi connectivity index (χ2v) is 6.28. The Bertz CT molecular complexity index is 753. The standard InChI is InChI=1S/C16H15ClF2N2O3S/c1-10-6-11(17)2-5-14(10)23-8-15(22)21-20-7-12-3-4-13(24-12)9-25-16(18)19/h2-7,16H,8-9H2,1H3,(H,21,22)/b20-7-. The number of nitrogens with zero attached hydrogens (tertiary/aromatic N) is 1. The predicted octanol–water partition coefficient (Wildman–Crippen LogP) is 4.23. The van der Waals surface area contributed by atoms with Crippen molar-refractivity contribution in [2.75, 3.05) is 6.61 Å². The Morgan fingerprint density at radius 3 is 2.96 bits per heavy atom. The minimum absolute atomic E-state index is 0.0617. The minimum atomic E-state index is -2.45. The molecule has 2 rings (SSSR count). The van der Waals surface area contributed by atoms with E-state index in [0.717, 1.165) is 5.56 Å². The number of nitrogens with one attached hydrogen (secondary N) is 1. The van der Waals surface area contributed by atoms with Crippen molar-refractivity contribution in [1.29, 1.82) is 0 Å². The summed E-state index contributed by atoms with van der Waals surface area (Å²) in [4.78, 5) is 11.7. The van der Waals surface area contributed by atoms with E-state index in [0.29, 0.717) is 34.1 Å². The van der Waals surface area contributed by atoms with Gasteiger partial charge in [0, 0.05) is 5.02 Å². The van der Waals surface area contributed by atoms with Gasteiger partial charge in [0.25, 0.3) is 11.7 Å². The summed E-state index contributed by atoms with van der Waals surface area (Å²) in [5, 5.41) is 4.31. The van der Waals surface area contributed by atoms with E-state index in [2.05, 4.69) is 10.5 Å². The molecule has 2 aromatic rings. The topological polar surface area (TPSA) is 63.8 Å². The molecule has 0 aliphatic heterocycles. The van der Waals surface area contributed by atoms with Crippen LogP contribution >= 0.6 is 23.4 Å². The third-order valence-electron chi connectivity index (χ3n) is 2.91. The third-order valence-corrected chi connectivity index (χ3v) is 3.85. The molecule has 1 aromatic carbocycles. The summed E-state index contributed by atoms with van der Waals surface area (Å²) in [6, 6.07) is 8.22. The second kappa shape index (κ2) is 9.43. The fraction of sp³-hybridized carbons (Fsp3) is 0.250. The molecule has 9 heteroatoms. The number of ether oxygens (including phenoxy) is 1. The Morgan fingerprint density at radius 2 is 2.24 bits per heavy atom. The van der Waals surface area contributed by atoms with Crippen LogP contribution < -0.4 is 10.2 Å². The van der Waals surface area contributed by atoms with Crippen molar-refractivity contribution in [1.82, 2.24) is 5.43 Å². The van der Waals surface area contributed by atoms with Crippen molar-refractivity contribution >= 4 is 35.5 Å². The van der Waals surface area contributed by atoms with Crippen LogP contribution in [0, 0.1) is 6.92 Å². The number of halogens is 3. The van der Waals surface area contributed by atoms with Gasteiger partial charge in [0.05, 0.1) is 12.0 Å². The first-order valence-corrected chi connectivity index (χ1v) is 8.56. The number of amides is 1. The number of carbonyl (C=O) groups is 1. The van der Waals surface area contributed by atoms with Crippen LogP contribution in [0.5, 0.6) is 5.75 Å². The molecule has 25 heavy (non-hydrogen) atoms. The number of aryl methyl sites for hydroxylation is 1. The van der Waals surface area contributed by atoms with Gasteiger partial charge in [-0.1, -0.05) is 23.4 Å². The summed E-state index contributed by atoms with van der Waals surface area (Å²) in [5.41, 5.74) is 3.10. The predicted molar refractivity (Wildman–Crippen MR) is 93.4 cm³/mol. The number of carbonyl (C=O) groups excluding carboxylic acids is 1. The van der Waals surface area contributed by atoms with E-state index in [4.69, 9.17) is 20.8 Å². The molecule has 0 bridgehead atoms. The summed E-state index contributed by atoms with van der Waals surface area (Å²) in [5.74, 6) is -1.54. The van der Waals surface area contributed by atoms with Gasteiger partial charge in [-0.15, -0.1) is 0 Å². The van der Waals surface area contributed by atoms with E-state index in [1.54, 1.807) is 30.3 Å². The molecule has 0 aliphatic rings. The molecule has 0 radical (unpaired) electrons. The molecular weight excluding hydrogens is 374 g/mol. The molecule has 0 saturated heterocycles. The largest absolute Gasteiger partial charge is 0.483 e. The molecular formula is C16H15ClF2N2O3S. The average Bonchev–Trinajstić information content (AvgIpc) is 3.00. The Kier molecular flexibility index (Phi) is 7.27. The molecule has 0 spiro atoms. The van der Waals surface area contributed by atoms with Crippen molar-refractivity contribution in [3.8, 4) is 5.75 Å². The molecule has 0 fully saturated rings. The van der Waals surface area contributed by atoms with Gasteiger partial charge < -0.3 is 9.15 Å². The number of thioether (sulfide) groups is 1. The first kappa shape index (κ1) is 19.3. The van der Waals surface area contributed by atoms with Crippen LogP contribution in [0.15, 0.2) is 39.9 Å². The lowest BCUT2D eigenvalue weighted by atomic mass is 10.2. The maximum atomic E-state index is 12.1. The summed E-state index contributed by atoms with van der Waals surface area (Å²) in [6.07, 6.45) is 1.28. The number of alkyl halides is 2. The van der Waals surface area contributed by atoms with E-state index in [-0.39, 0.29) is 12.4 Å². The number of rotatable bonds is 8. The van der Waals surface area contributed by atoms with Crippen LogP contribution in [0.1, 0.15) is 17.1 Å². The Hall–Kier alpha value is -2.06. The first-order chi connectivity index (χ1) is 11.9. The lowest BCUT2D eigenvalue weighted by Gasteiger charge is -2.08. The van der Waals surface area contributed by atoms with Crippen molar-refractivity contribution in [2.45, 2.75) is 18.4 Å². The van der Waals surface area contributed by atoms with Gasteiger partial charge in [-0.25, -0.2) is 5.43 Å². The number of furan rings is 1. The third kappa shape index (κ3) is 6.75. The fourth-order valence-corrected chi connectivity index (χ4v) is 2.48. The van der Waals surface area contributed by atoms with E-state index in [1.165, 1.54) is 6.21 Å². The monoisotopic (exact) mass is 388 g/mol. The van der Waals surface area contributed by atoms with Crippen LogP contribution in [0.25, 0.3) is 0 Å². The highest BCUT2D eigenvalue weighted by atomic mass is 35.5. The van der Waals surface area contributed by atoms with Gasteiger partial charge >= 0.3 is 0 Å². The van der Waals surface area contributed by atoms with Crippen molar-refractivity contribution < 1.29 is 22.7 Å². The molecule has 0 aliphatic carbocycles. The molecule has 5 nitrogen and oxygen atoms in total. The maximum Gasteiger partial charge on any atom is 0.284 e. The van der Waals surface area contributed by atoms with Gasteiger partial charge in [0.15, 0.2) is 6.61 Å². The van der Waals surface area contributed by atoms with Gasteiger partial charge in [0.1, 0.15) is 17.3 Å². The van der Waals surface area contributed by atoms with Gasteiger partial charge in [0.2, 0.25) is 0 Å². The molecule has 1 heterocycles. The summed E-state index contributed by atoms with van der Waals surface area (Å²) >= 11 is 6.31. The zero-order valence-corrected chi connectivity index (χ0v) is 14.7. The van der Waals surface area contributed by atoms with Crippen LogP contribution in [0.3, 0.4) is 0 Å². The van der Waals surface area contributed by atoms with Crippen molar-refractivity contribution in [2.24, 2.45) is 5.10 Å². The van der Waals surface area contributed by atoms with E-state index in [1.807, 2.05) is 6.92 Å². The highest BCUT2D eigenvalue weighted by molar-refractivity contribution is 7.98. The first-order valence-electron chi connectivity index (χ1n) is 7.13. The van der Waals surface area contributed by atoms with E-state index >= 15 is 0 Å². The lowest BCUT2D eigenvalue weighted by Crippen LogP contribution is -2.24. The SMILES string of the molecule is Cc1cc(Cl)ccc1OCC(=O)N/N=C\c1ccc(CSC(F)F)o1. The Morgan fingerprint density at radius 1 is 1.44 bits per heavy atom. The number of hydrogen-bond acceptors (Lipinski definition) is 5. The number of hydrogen-bond donors (Lipinski definition) is 1. The highest BCUT2D eigenvalue weighted by Crippen LogP contribution is 2.22. The van der Waals surface area contributed by atoms with Gasteiger partial charge in [-0.3, -0.25) is 4.79 Å². The Labute approximate surface area is 152 Å². The zero-order valence-electron chi connectivity index (χ0n) is 13.2. The molecule has 1 amide bonds. The normalized spacial score (nSPS) is 11.2. The molecule has 1 aromatic heterocycles. The molecule has 0 atom stereocenters. The maximum absolute atomic E-state index is 12.1. The van der Waals surface area contributed by atoms with Crippen molar-refractivity contribution in [3.63, 3.8) is 0 Å². The van der Waals surface area contributed by atoms with Gasteiger partial charge in [-0.2, -0.15) is 13.9 Å². The summed E-state index contributed by atoms with van der Waals surface area (Å²) < 4.78 is 34.8. The second-order valence-electron chi connectivity index (χ2n) is 4.87. The molecule has 134 valence electrons. The zero-order chi connectivity index (χ0) is 18.2. The highest BCUT2D eigenvalue weighted by Gasteiger charge is 2.07. The average molecular weight is 389 g/mol. The number of hydrazone groups is 1. The van der Waals surface area contributed by atoms with Crippen LogP contribution in [-0.4, -0.2) is 24.5 Å². The number of benzene rings is 1. The van der Waals surface area contributed by atoms with Crippen LogP contribution in [-0.2, 0) is 10.5 Å². The van der Waals surface area contributed by atoms with Crippen molar-refractivity contribution in [3.05, 3.63) is 52.4 Å². The Balaban J connectivity index is 1.76. The molecule has 0 unspecified atom stereocenters. The minimum Gasteiger partial charge on any atom is -0.483 e. The molecule has 1 N–H and O–H groups in total. The van der Waals surface area contributed by atoms with E-state index in [9.17, 15) is 13.6 Å². The van der Waals surface area contributed by atoms with E-state index < -0.39 is 11.7 Å².